The normalized spacial score (nSPS) is 24.1. The summed E-state index contributed by atoms with van der Waals surface area (Å²) in [6.07, 6.45) is 3.90. The summed E-state index contributed by atoms with van der Waals surface area (Å²) in [5, 5.41) is 12.3. The molecule has 2 fully saturated rings. The second kappa shape index (κ2) is 4.61. The molecule has 2 aliphatic rings. The third-order valence-electron chi connectivity index (χ3n) is 3.79. The minimum absolute atomic E-state index is 0.339. The summed E-state index contributed by atoms with van der Waals surface area (Å²) in [4.78, 5) is 13.3. The zero-order chi connectivity index (χ0) is 12.5. The van der Waals surface area contributed by atoms with E-state index in [9.17, 15) is 4.79 Å². The number of hydrogen-bond donors (Lipinski definition) is 2. The lowest BCUT2D eigenvalue weighted by atomic mass is 10.2. The van der Waals surface area contributed by atoms with Gasteiger partial charge >= 0.3 is 5.97 Å². The fraction of sp³-hybridized carbons (Fsp3) is 0.500. The second-order valence-corrected chi connectivity index (χ2v) is 5.24. The predicted molar refractivity (Wildman–Crippen MR) is 70.0 cm³/mol. The van der Waals surface area contributed by atoms with Gasteiger partial charge in [0.25, 0.3) is 0 Å². The molecule has 1 saturated heterocycles. The lowest BCUT2D eigenvalue weighted by Crippen LogP contribution is -2.27. The summed E-state index contributed by atoms with van der Waals surface area (Å²) in [7, 11) is 0. The summed E-state index contributed by atoms with van der Waals surface area (Å²) in [5.41, 5.74) is 1.36. The molecule has 3 rings (SSSR count). The Bertz CT molecular complexity index is 440. The molecule has 96 valence electrons. The molecular formula is C14H18N2O2. The van der Waals surface area contributed by atoms with Crippen molar-refractivity contribution in [2.45, 2.75) is 31.3 Å². The lowest BCUT2D eigenvalue weighted by molar-refractivity contribution is 0.0697. The van der Waals surface area contributed by atoms with E-state index in [1.807, 2.05) is 12.1 Å². The Balaban J connectivity index is 1.57. The van der Waals surface area contributed by atoms with Crippen LogP contribution in [0.2, 0.25) is 0 Å². The molecule has 1 saturated carbocycles. The summed E-state index contributed by atoms with van der Waals surface area (Å²) in [6, 6.07) is 8.34. The van der Waals surface area contributed by atoms with E-state index in [1.165, 1.54) is 25.8 Å². The van der Waals surface area contributed by atoms with Crippen molar-refractivity contribution in [1.29, 1.82) is 0 Å². The van der Waals surface area contributed by atoms with Gasteiger partial charge in [0.05, 0.1) is 5.56 Å². The molecular weight excluding hydrogens is 228 g/mol. The van der Waals surface area contributed by atoms with Crippen molar-refractivity contribution in [1.82, 2.24) is 4.90 Å². The van der Waals surface area contributed by atoms with E-state index in [0.717, 1.165) is 18.3 Å². The molecule has 1 heterocycles. The van der Waals surface area contributed by atoms with Gasteiger partial charge in [0, 0.05) is 30.9 Å². The molecule has 1 atom stereocenters. The first kappa shape index (κ1) is 11.5. The Hall–Kier alpha value is -1.55. The average molecular weight is 246 g/mol. The molecule has 18 heavy (non-hydrogen) atoms. The van der Waals surface area contributed by atoms with Crippen molar-refractivity contribution >= 4 is 11.7 Å². The van der Waals surface area contributed by atoms with Crippen LogP contribution in [-0.2, 0) is 0 Å². The molecule has 4 nitrogen and oxygen atoms in total. The number of hydrogen-bond acceptors (Lipinski definition) is 3. The molecule has 1 aliphatic heterocycles. The largest absolute Gasteiger partial charge is 0.478 e. The summed E-state index contributed by atoms with van der Waals surface area (Å²) < 4.78 is 0. The minimum Gasteiger partial charge on any atom is -0.478 e. The monoisotopic (exact) mass is 246 g/mol. The minimum atomic E-state index is -0.873. The maximum absolute atomic E-state index is 10.8. The molecule has 0 radical (unpaired) electrons. The Morgan fingerprint density at radius 1 is 1.22 bits per heavy atom. The maximum Gasteiger partial charge on any atom is 0.335 e. The van der Waals surface area contributed by atoms with Gasteiger partial charge in [-0.25, -0.2) is 4.79 Å². The number of benzene rings is 1. The number of carboxylic acid groups (broad SMARTS) is 1. The highest BCUT2D eigenvalue weighted by Gasteiger charge is 2.34. The van der Waals surface area contributed by atoms with Crippen LogP contribution >= 0.6 is 0 Å². The third-order valence-corrected chi connectivity index (χ3v) is 3.79. The number of carbonyl (C=O) groups is 1. The smallest absolute Gasteiger partial charge is 0.335 e. The van der Waals surface area contributed by atoms with E-state index in [0.29, 0.717) is 11.6 Å². The number of anilines is 1. The summed E-state index contributed by atoms with van der Waals surface area (Å²) >= 11 is 0. The van der Waals surface area contributed by atoms with Gasteiger partial charge < -0.3 is 10.4 Å². The Morgan fingerprint density at radius 2 is 1.94 bits per heavy atom. The lowest BCUT2D eigenvalue weighted by Gasteiger charge is -2.16. The Labute approximate surface area is 107 Å². The van der Waals surface area contributed by atoms with Crippen molar-refractivity contribution in [3.05, 3.63) is 29.8 Å². The number of aromatic carboxylic acids is 1. The van der Waals surface area contributed by atoms with Crippen LogP contribution in [0, 0.1) is 0 Å². The highest BCUT2D eigenvalue weighted by Crippen LogP contribution is 2.30. The molecule has 4 heteroatoms. The predicted octanol–water partition coefficient (Wildman–Crippen LogP) is 2.03. The number of likely N-dealkylation sites (tertiary alicyclic amines) is 1. The van der Waals surface area contributed by atoms with Crippen molar-refractivity contribution < 1.29 is 9.90 Å². The molecule has 0 aromatic heterocycles. The van der Waals surface area contributed by atoms with E-state index in [4.69, 9.17) is 5.11 Å². The van der Waals surface area contributed by atoms with Crippen LogP contribution in [0.25, 0.3) is 0 Å². The summed E-state index contributed by atoms with van der Waals surface area (Å²) in [6.45, 7) is 2.31. The molecule has 0 spiro atoms. The van der Waals surface area contributed by atoms with Crippen molar-refractivity contribution in [2.75, 3.05) is 18.4 Å². The van der Waals surface area contributed by atoms with Crippen molar-refractivity contribution in [2.24, 2.45) is 0 Å². The van der Waals surface area contributed by atoms with Crippen LogP contribution in [0.1, 0.15) is 29.6 Å². The average Bonchev–Trinajstić information content (AvgIpc) is 3.11. The van der Waals surface area contributed by atoms with Gasteiger partial charge in [-0.1, -0.05) is 0 Å². The first-order chi connectivity index (χ1) is 8.72. The highest BCUT2D eigenvalue weighted by atomic mass is 16.4. The Kier molecular flexibility index (Phi) is 2.96. The maximum atomic E-state index is 10.8. The Morgan fingerprint density at radius 3 is 2.56 bits per heavy atom. The zero-order valence-corrected chi connectivity index (χ0v) is 10.3. The molecule has 1 unspecified atom stereocenters. The van der Waals surface area contributed by atoms with E-state index in [2.05, 4.69) is 10.2 Å². The van der Waals surface area contributed by atoms with Crippen LogP contribution in [0.5, 0.6) is 0 Å². The van der Waals surface area contributed by atoms with Gasteiger partial charge in [-0.15, -0.1) is 0 Å². The number of carboxylic acids is 1. The zero-order valence-electron chi connectivity index (χ0n) is 10.3. The van der Waals surface area contributed by atoms with Gasteiger partial charge in [0.15, 0.2) is 0 Å². The van der Waals surface area contributed by atoms with Crippen LogP contribution in [0.15, 0.2) is 24.3 Å². The molecule has 2 N–H and O–H groups in total. The molecule has 0 bridgehead atoms. The SMILES string of the molecule is O=C(O)c1ccc(NC2CCN(C3CC3)C2)cc1. The standard InChI is InChI=1S/C14H18N2O2/c17-14(18)10-1-3-11(4-2-10)15-12-7-8-16(9-12)13-5-6-13/h1-4,12-13,15H,5-9H2,(H,17,18). The fourth-order valence-corrected chi connectivity index (χ4v) is 2.62. The van der Waals surface area contributed by atoms with Gasteiger partial charge in [-0.2, -0.15) is 0 Å². The number of nitrogens with one attached hydrogen (secondary N) is 1. The van der Waals surface area contributed by atoms with Crippen LogP contribution < -0.4 is 5.32 Å². The van der Waals surface area contributed by atoms with Crippen LogP contribution in [0.4, 0.5) is 5.69 Å². The van der Waals surface area contributed by atoms with E-state index < -0.39 is 5.97 Å². The first-order valence-electron chi connectivity index (χ1n) is 6.56. The van der Waals surface area contributed by atoms with Gasteiger partial charge in [0.2, 0.25) is 0 Å². The van der Waals surface area contributed by atoms with Crippen LogP contribution in [-0.4, -0.2) is 41.1 Å². The van der Waals surface area contributed by atoms with Gasteiger partial charge in [-0.05, 0) is 43.5 Å². The first-order valence-corrected chi connectivity index (χ1v) is 6.56. The van der Waals surface area contributed by atoms with Crippen LogP contribution in [0.3, 0.4) is 0 Å². The number of nitrogens with zero attached hydrogens (tertiary/aromatic N) is 1. The molecule has 0 amide bonds. The third kappa shape index (κ3) is 2.48. The van der Waals surface area contributed by atoms with E-state index >= 15 is 0 Å². The topological polar surface area (TPSA) is 52.6 Å². The van der Waals surface area contributed by atoms with Gasteiger partial charge in [-0.3, -0.25) is 4.90 Å². The highest BCUT2D eigenvalue weighted by molar-refractivity contribution is 5.88. The summed E-state index contributed by atoms with van der Waals surface area (Å²) in [5.74, 6) is -0.873. The van der Waals surface area contributed by atoms with Crippen molar-refractivity contribution in [3.63, 3.8) is 0 Å². The molecule has 1 aromatic rings. The second-order valence-electron chi connectivity index (χ2n) is 5.24. The van der Waals surface area contributed by atoms with E-state index in [-0.39, 0.29) is 0 Å². The quantitative estimate of drug-likeness (QED) is 0.853. The van der Waals surface area contributed by atoms with E-state index in [1.54, 1.807) is 12.1 Å². The van der Waals surface area contributed by atoms with Crippen molar-refractivity contribution in [3.8, 4) is 0 Å². The van der Waals surface area contributed by atoms with Gasteiger partial charge in [0.1, 0.15) is 0 Å². The molecule has 1 aliphatic carbocycles. The molecule has 1 aromatic carbocycles. The number of rotatable bonds is 4. The fourth-order valence-electron chi connectivity index (χ4n) is 2.62.